The van der Waals surface area contributed by atoms with Crippen LogP contribution in [0.4, 0.5) is 0 Å². The molecule has 2 rings (SSSR count). The second kappa shape index (κ2) is 5.44. The van der Waals surface area contributed by atoms with E-state index in [-0.39, 0.29) is 11.4 Å². The third-order valence-electron chi connectivity index (χ3n) is 2.78. The molecule has 0 aliphatic heterocycles. The van der Waals surface area contributed by atoms with Crippen LogP contribution in [0.1, 0.15) is 11.4 Å². The van der Waals surface area contributed by atoms with Gasteiger partial charge in [0.2, 0.25) is 10.0 Å². The van der Waals surface area contributed by atoms with Gasteiger partial charge in [0, 0.05) is 23.9 Å². The zero-order chi connectivity index (χ0) is 14.0. The van der Waals surface area contributed by atoms with Gasteiger partial charge in [0.15, 0.2) is 0 Å². The summed E-state index contributed by atoms with van der Waals surface area (Å²) in [4.78, 5) is 4.32. The summed E-state index contributed by atoms with van der Waals surface area (Å²) in [5, 5.41) is 0. The number of halogens is 1. The smallest absolute Gasteiger partial charge is 0.240 e. The highest BCUT2D eigenvalue weighted by atomic mass is 79.9. The van der Waals surface area contributed by atoms with E-state index in [2.05, 4.69) is 25.6 Å². The quantitative estimate of drug-likeness (QED) is 0.922. The lowest BCUT2D eigenvalue weighted by Crippen LogP contribution is -2.24. The molecular formula is C12H14BrN3O2S. The van der Waals surface area contributed by atoms with Crippen molar-refractivity contribution in [1.29, 1.82) is 0 Å². The van der Waals surface area contributed by atoms with Crippen molar-refractivity contribution in [3.05, 3.63) is 46.5 Å². The SMILES string of the molecule is Cc1cc(S(=O)(=O)NCc2nccn2C)ccc1Br. The molecule has 0 amide bonds. The average Bonchev–Trinajstić information content (AvgIpc) is 2.76. The van der Waals surface area contributed by atoms with Crippen molar-refractivity contribution in [2.24, 2.45) is 7.05 Å². The summed E-state index contributed by atoms with van der Waals surface area (Å²) in [6.07, 6.45) is 3.40. The fourth-order valence-corrected chi connectivity index (χ4v) is 2.91. The number of sulfonamides is 1. The molecule has 0 saturated heterocycles. The molecular weight excluding hydrogens is 330 g/mol. The molecule has 0 unspecified atom stereocenters. The van der Waals surface area contributed by atoms with E-state index in [1.54, 1.807) is 35.2 Å². The maximum Gasteiger partial charge on any atom is 0.240 e. The predicted molar refractivity (Wildman–Crippen MR) is 76.1 cm³/mol. The highest BCUT2D eigenvalue weighted by Crippen LogP contribution is 2.19. The molecule has 19 heavy (non-hydrogen) atoms. The van der Waals surface area contributed by atoms with Crippen molar-refractivity contribution in [1.82, 2.24) is 14.3 Å². The molecule has 0 radical (unpaired) electrons. The van der Waals surface area contributed by atoms with Crippen LogP contribution in [0.5, 0.6) is 0 Å². The van der Waals surface area contributed by atoms with Gasteiger partial charge < -0.3 is 4.57 Å². The molecule has 1 aromatic carbocycles. The molecule has 0 spiro atoms. The summed E-state index contributed by atoms with van der Waals surface area (Å²) in [6, 6.07) is 4.92. The predicted octanol–water partition coefficient (Wildman–Crippen LogP) is 1.97. The van der Waals surface area contributed by atoms with Gasteiger partial charge >= 0.3 is 0 Å². The van der Waals surface area contributed by atoms with Crippen molar-refractivity contribution in [2.45, 2.75) is 18.4 Å². The summed E-state index contributed by atoms with van der Waals surface area (Å²) in [5.41, 5.74) is 0.875. The topological polar surface area (TPSA) is 64.0 Å². The molecule has 102 valence electrons. The Morgan fingerprint density at radius 1 is 1.42 bits per heavy atom. The molecule has 0 fully saturated rings. The number of nitrogens with zero attached hydrogens (tertiary/aromatic N) is 2. The molecule has 0 bridgehead atoms. The van der Waals surface area contributed by atoms with Gasteiger partial charge in [0.25, 0.3) is 0 Å². The number of hydrogen-bond acceptors (Lipinski definition) is 3. The maximum atomic E-state index is 12.1. The molecule has 0 atom stereocenters. The lowest BCUT2D eigenvalue weighted by Gasteiger charge is -2.08. The molecule has 0 aliphatic rings. The van der Waals surface area contributed by atoms with Gasteiger partial charge in [0.05, 0.1) is 11.4 Å². The second-order valence-corrected chi connectivity index (χ2v) is 6.81. The van der Waals surface area contributed by atoms with Crippen LogP contribution in [-0.4, -0.2) is 18.0 Å². The molecule has 7 heteroatoms. The van der Waals surface area contributed by atoms with E-state index < -0.39 is 10.0 Å². The van der Waals surface area contributed by atoms with E-state index in [1.165, 1.54) is 0 Å². The second-order valence-electron chi connectivity index (χ2n) is 4.19. The van der Waals surface area contributed by atoms with Crippen LogP contribution in [-0.2, 0) is 23.6 Å². The van der Waals surface area contributed by atoms with Gasteiger partial charge in [-0.25, -0.2) is 18.1 Å². The van der Waals surface area contributed by atoms with Gasteiger partial charge in [0.1, 0.15) is 5.82 Å². The Kier molecular flexibility index (Phi) is 4.07. The first kappa shape index (κ1) is 14.2. The Morgan fingerprint density at radius 2 is 2.16 bits per heavy atom. The van der Waals surface area contributed by atoms with E-state index in [1.807, 2.05) is 14.0 Å². The lowest BCUT2D eigenvalue weighted by molar-refractivity contribution is 0.577. The highest BCUT2D eigenvalue weighted by Gasteiger charge is 2.15. The molecule has 2 aromatic rings. The summed E-state index contributed by atoms with van der Waals surface area (Å²) in [7, 11) is -1.70. The van der Waals surface area contributed by atoms with Gasteiger partial charge in [-0.05, 0) is 30.7 Å². The van der Waals surface area contributed by atoms with Crippen LogP contribution in [0.3, 0.4) is 0 Å². The summed E-state index contributed by atoms with van der Waals surface area (Å²) >= 11 is 3.35. The highest BCUT2D eigenvalue weighted by molar-refractivity contribution is 9.10. The van der Waals surface area contributed by atoms with Crippen LogP contribution >= 0.6 is 15.9 Å². The van der Waals surface area contributed by atoms with E-state index >= 15 is 0 Å². The Balaban J connectivity index is 2.18. The third kappa shape index (κ3) is 3.23. The number of rotatable bonds is 4. The van der Waals surface area contributed by atoms with Crippen molar-refractivity contribution in [2.75, 3.05) is 0 Å². The molecule has 0 saturated carbocycles. The largest absolute Gasteiger partial charge is 0.337 e. The van der Waals surface area contributed by atoms with Crippen LogP contribution in [0, 0.1) is 6.92 Å². The fraction of sp³-hybridized carbons (Fsp3) is 0.250. The number of aryl methyl sites for hydroxylation is 2. The van der Waals surface area contributed by atoms with Crippen LogP contribution in [0.15, 0.2) is 40.0 Å². The summed E-state index contributed by atoms with van der Waals surface area (Å²) in [6.45, 7) is 2.02. The molecule has 0 aliphatic carbocycles. The number of aromatic nitrogens is 2. The van der Waals surface area contributed by atoms with Crippen molar-refractivity contribution < 1.29 is 8.42 Å². The number of imidazole rings is 1. The van der Waals surface area contributed by atoms with Crippen LogP contribution < -0.4 is 4.72 Å². The Bertz CT molecular complexity index is 695. The Hall–Kier alpha value is -1.18. The third-order valence-corrected chi connectivity index (χ3v) is 5.07. The fourth-order valence-electron chi connectivity index (χ4n) is 1.59. The summed E-state index contributed by atoms with van der Waals surface area (Å²) < 4.78 is 29.5. The van der Waals surface area contributed by atoms with Gasteiger partial charge in [-0.1, -0.05) is 15.9 Å². The molecule has 1 heterocycles. The van der Waals surface area contributed by atoms with Crippen LogP contribution in [0.25, 0.3) is 0 Å². The zero-order valence-corrected chi connectivity index (χ0v) is 13.0. The van der Waals surface area contributed by atoms with Gasteiger partial charge in [-0.15, -0.1) is 0 Å². The first-order valence-corrected chi connectivity index (χ1v) is 7.90. The Labute approximate surface area is 120 Å². The number of benzene rings is 1. The average molecular weight is 344 g/mol. The van der Waals surface area contributed by atoms with Crippen molar-refractivity contribution >= 4 is 26.0 Å². The number of hydrogen-bond donors (Lipinski definition) is 1. The van der Waals surface area contributed by atoms with E-state index in [9.17, 15) is 8.42 Å². The minimum absolute atomic E-state index is 0.168. The number of nitrogens with one attached hydrogen (secondary N) is 1. The minimum Gasteiger partial charge on any atom is -0.337 e. The van der Waals surface area contributed by atoms with Crippen LogP contribution in [0.2, 0.25) is 0 Å². The van der Waals surface area contributed by atoms with Gasteiger partial charge in [-0.2, -0.15) is 0 Å². The maximum absolute atomic E-state index is 12.1. The summed E-state index contributed by atoms with van der Waals surface area (Å²) in [5.74, 6) is 0.664. The first-order valence-electron chi connectivity index (χ1n) is 5.62. The minimum atomic E-state index is -3.52. The van der Waals surface area contributed by atoms with E-state index in [0.29, 0.717) is 5.82 Å². The lowest BCUT2D eigenvalue weighted by atomic mass is 10.2. The van der Waals surface area contributed by atoms with Crippen molar-refractivity contribution in [3.63, 3.8) is 0 Å². The van der Waals surface area contributed by atoms with E-state index in [0.717, 1.165) is 10.0 Å². The zero-order valence-electron chi connectivity index (χ0n) is 10.6. The van der Waals surface area contributed by atoms with Crippen molar-refractivity contribution in [3.8, 4) is 0 Å². The first-order chi connectivity index (χ1) is 8.90. The normalized spacial score (nSPS) is 11.7. The molecule has 5 nitrogen and oxygen atoms in total. The van der Waals surface area contributed by atoms with E-state index in [4.69, 9.17) is 0 Å². The monoisotopic (exact) mass is 343 g/mol. The molecule has 1 N–H and O–H groups in total. The Morgan fingerprint density at radius 3 is 2.74 bits per heavy atom. The molecule has 1 aromatic heterocycles. The standard InChI is InChI=1S/C12H14BrN3O2S/c1-9-7-10(3-4-11(9)13)19(17,18)15-8-12-14-5-6-16(12)2/h3-7,15H,8H2,1-2H3. The van der Waals surface area contributed by atoms with Gasteiger partial charge in [-0.3, -0.25) is 0 Å².